The highest BCUT2D eigenvalue weighted by molar-refractivity contribution is 5.99. The normalized spacial score (nSPS) is 9.89. The summed E-state index contributed by atoms with van der Waals surface area (Å²) in [5.74, 6) is -0.668. The van der Waals surface area contributed by atoms with E-state index in [9.17, 15) is 9.59 Å². The van der Waals surface area contributed by atoms with Crippen LogP contribution in [0.5, 0.6) is 0 Å². The predicted molar refractivity (Wildman–Crippen MR) is 71.3 cm³/mol. The van der Waals surface area contributed by atoms with E-state index in [-0.39, 0.29) is 18.0 Å². The number of nitrogens with two attached hydrogens (primary N) is 2. The van der Waals surface area contributed by atoms with Crippen molar-refractivity contribution in [1.29, 1.82) is 0 Å². The summed E-state index contributed by atoms with van der Waals surface area (Å²) < 4.78 is 0. The van der Waals surface area contributed by atoms with E-state index in [0.717, 1.165) is 0 Å². The van der Waals surface area contributed by atoms with Crippen LogP contribution in [0.4, 0.5) is 11.4 Å². The molecular formula is C12H18N4O2. The monoisotopic (exact) mass is 250 g/mol. The standard InChI is InChI=1S/C12H18N4O2/c1-3-15-11(17)7-16(2)8-4-5-10(13)9(6-8)12(14)18/h4-6H,3,7,13H2,1-2H3,(H2,14,18)(H,15,17). The van der Waals surface area contributed by atoms with Gasteiger partial charge in [0, 0.05) is 25.0 Å². The molecule has 1 rings (SSSR count). The fraction of sp³-hybridized carbons (Fsp3) is 0.333. The van der Waals surface area contributed by atoms with Gasteiger partial charge in [-0.1, -0.05) is 0 Å². The van der Waals surface area contributed by atoms with Crippen LogP contribution in [-0.4, -0.2) is 32.0 Å². The lowest BCUT2D eigenvalue weighted by Gasteiger charge is -2.19. The van der Waals surface area contributed by atoms with Gasteiger partial charge in [0.25, 0.3) is 5.91 Å². The van der Waals surface area contributed by atoms with Crippen LogP contribution in [0.25, 0.3) is 0 Å². The van der Waals surface area contributed by atoms with Gasteiger partial charge in [-0.3, -0.25) is 9.59 Å². The first kappa shape index (κ1) is 13.8. The third-order valence-electron chi connectivity index (χ3n) is 2.50. The Morgan fingerprint density at radius 2 is 2.06 bits per heavy atom. The third-order valence-corrected chi connectivity index (χ3v) is 2.50. The summed E-state index contributed by atoms with van der Waals surface area (Å²) in [5.41, 5.74) is 12.2. The maximum atomic E-state index is 11.4. The SMILES string of the molecule is CCNC(=O)CN(C)c1ccc(N)c(C(N)=O)c1. The number of rotatable bonds is 5. The zero-order valence-electron chi connectivity index (χ0n) is 10.6. The van der Waals surface area contributed by atoms with Crippen LogP contribution >= 0.6 is 0 Å². The minimum absolute atomic E-state index is 0.0857. The first-order chi connectivity index (χ1) is 8.45. The maximum Gasteiger partial charge on any atom is 0.250 e. The Hall–Kier alpha value is -2.24. The van der Waals surface area contributed by atoms with Gasteiger partial charge < -0.3 is 21.7 Å². The van der Waals surface area contributed by atoms with Gasteiger partial charge in [0.05, 0.1) is 12.1 Å². The molecule has 98 valence electrons. The van der Waals surface area contributed by atoms with Crippen molar-refractivity contribution < 1.29 is 9.59 Å². The summed E-state index contributed by atoms with van der Waals surface area (Å²) in [6.07, 6.45) is 0. The average Bonchev–Trinajstić information content (AvgIpc) is 2.29. The van der Waals surface area contributed by atoms with E-state index in [4.69, 9.17) is 11.5 Å². The van der Waals surface area contributed by atoms with Crippen LogP contribution < -0.4 is 21.7 Å². The smallest absolute Gasteiger partial charge is 0.250 e. The van der Waals surface area contributed by atoms with E-state index in [0.29, 0.717) is 17.9 Å². The first-order valence-corrected chi connectivity index (χ1v) is 5.62. The second kappa shape index (κ2) is 5.90. The molecule has 6 nitrogen and oxygen atoms in total. The lowest BCUT2D eigenvalue weighted by Crippen LogP contribution is -2.35. The number of hydrogen-bond acceptors (Lipinski definition) is 4. The molecule has 0 spiro atoms. The summed E-state index contributed by atoms with van der Waals surface area (Å²) in [6.45, 7) is 2.64. The molecule has 0 fully saturated rings. The van der Waals surface area contributed by atoms with Gasteiger partial charge in [0.2, 0.25) is 5.91 Å². The second-order valence-electron chi connectivity index (χ2n) is 3.95. The minimum Gasteiger partial charge on any atom is -0.398 e. The number of likely N-dealkylation sites (N-methyl/N-ethyl adjacent to an activating group) is 2. The summed E-state index contributed by atoms with van der Waals surface area (Å²) in [4.78, 5) is 24.3. The zero-order valence-corrected chi connectivity index (χ0v) is 10.6. The number of nitrogens with one attached hydrogen (secondary N) is 1. The Morgan fingerprint density at radius 3 is 2.61 bits per heavy atom. The van der Waals surface area contributed by atoms with E-state index >= 15 is 0 Å². The molecule has 1 aromatic carbocycles. The van der Waals surface area contributed by atoms with Crippen molar-refractivity contribution in [2.75, 3.05) is 30.8 Å². The molecule has 1 aromatic rings. The number of nitrogens with zero attached hydrogens (tertiary/aromatic N) is 1. The van der Waals surface area contributed by atoms with Crippen LogP contribution in [0.2, 0.25) is 0 Å². The first-order valence-electron chi connectivity index (χ1n) is 5.62. The molecule has 6 heteroatoms. The zero-order chi connectivity index (χ0) is 13.7. The van der Waals surface area contributed by atoms with Gasteiger partial charge in [-0.2, -0.15) is 0 Å². The van der Waals surface area contributed by atoms with Gasteiger partial charge in [-0.05, 0) is 25.1 Å². The highest BCUT2D eigenvalue weighted by atomic mass is 16.2. The number of hydrogen-bond donors (Lipinski definition) is 3. The minimum atomic E-state index is -0.583. The molecule has 0 saturated heterocycles. The third kappa shape index (κ3) is 3.38. The van der Waals surface area contributed by atoms with Gasteiger partial charge in [-0.25, -0.2) is 0 Å². The van der Waals surface area contributed by atoms with Gasteiger partial charge in [0.15, 0.2) is 0 Å². The molecule has 2 amide bonds. The molecule has 0 heterocycles. The van der Waals surface area contributed by atoms with Crippen LogP contribution in [0.1, 0.15) is 17.3 Å². The maximum absolute atomic E-state index is 11.4. The van der Waals surface area contributed by atoms with E-state index in [1.807, 2.05) is 6.92 Å². The van der Waals surface area contributed by atoms with Crippen molar-refractivity contribution in [2.24, 2.45) is 5.73 Å². The van der Waals surface area contributed by atoms with Crippen molar-refractivity contribution in [1.82, 2.24) is 5.32 Å². The van der Waals surface area contributed by atoms with Crippen molar-refractivity contribution >= 4 is 23.2 Å². The summed E-state index contributed by atoms with van der Waals surface area (Å²) >= 11 is 0. The molecule has 18 heavy (non-hydrogen) atoms. The molecule has 0 aliphatic rings. The van der Waals surface area contributed by atoms with Gasteiger partial charge in [0.1, 0.15) is 0 Å². The number of carbonyl (C=O) groups is 2. The van der Waals surface area contributed by atoms with Crippen LogP contribution in [0.15, 0.2) is 18.2 Å². The van der Waals surface area contributed by atoms with E-state index in [1.165, 1.54) is 0 Å². The Bertz CT molecular complexity index is 459. The van der Waals surface area contributed by atoms with Gasteiger partial charge in [-0.15, -0.1) is 0 Å². The number of carbonyl (C=O) groups excluding carboxylic acids is 2. The molecule has 0 saturated carbocycles. The Morgan fingerprint density at radius 1 is 1.39 bits per heavy atom. The van der Waals surface area contributed by atoms with E-state index in [2.05, 4.69) is 5.32 Å². The highest BCUT2D eigenvalue weighted by Gasteiger charge is 2.11. The van der Waals surface area contributed by atoms with Crippen molar-refractivity contribution in [3.63, 3.8) is 0 Å². The molecule has 0 atom stereocenters. The Labute approximate surface area is 106 Å². The highest BCUT2D eigenvalue weighted by Crippen LogP contribution is 2.19. The van der Waals surface area contributed by atoms with Crippen LogP contribution in [-0.2, 0) is 4.79 Å². The molecule has 0 aliphatic carbocycles. The summed E-state index contributed by atoms with van der Waals surface area (Å²) in [6, 6.07) is 4.92. The summed E-state index contributed by atoms with van der Waals surface area (Å²) in [5, 5.41) is 2.70. The van der Waals surface area contributed by atoms with Crippen molar-refractivity contribution in [2.45, 2.75) is 6.92 Å². The van der Waals surface area contributed by atoms with E-state index < -0.39 is 5.91 Å². The van der Waals surface area contributed by atoms with Crippen molar-refractivity contribution in [3.05, 3.63) is 23.8 Å². The molecule has 0 radical (unpaired) electrons. The number of nitrogen functional groups attached to an aromatic ring is 1. The Balaban J connectivity index is 2.86. The summed E-state index contributed by atoms with van der Waals surface area (Å²) in [7, 11) is 1.76. The Kier molecular flexibility index (Phi) is 4.53. The number of benzene rings is 1. The van der Waals surface area contributed by atoms with Gasteiger partial charge >= 0.3 is 0 Å². The fourth-order valence-electron chi connectivity index (χ4n) is 1.55. The van der Waals surface area contributed by atoms with Crippen LogP contribution in [0, 0.1) is 0 Å². The lowest BCUT2D eigenvalue weighted by molar-refractivity contribution is -0.119. The topological polar surface area (TPSA) is 101 Å². The number of primary amides is 1. The fourth-order valence-corrected chi connectivity index (χ4v) is 1.55. The molecule has 0 aromatic heterocycles. The molecule has 0 bridgehead atoms. The van der Waals surface area contributed by atoms with Crippen molar-refractivity contribution in [3.8, 4) is 0 Å². The lowest BCUT2D eigenvalue weighted by atomic mass is 10.1. The van der Waals surface area contributed by atoms with Crippen LogP contribution in [0.3, 0.4) is 0 Å². The predicted octanol–water partition coefficient (Wildman–Crippen LogP) is -0.0600. The molecule has 0 unspecified atom stereocenters. The quantitative estimate of drug-likeness (QED) is 0.637. The molecular weight excluding hydrogens is 232 g/mol. The average molecular weight is 250 g/mol. The molecule has 0 aliphatic heterocycles. The largest absolute Gasteiger partial charge is 0.398 e. The number of amides is 2. The second-order valence-corrected chi connectivity index (χ2v) is 3.95. The van der Waals surface area contributed by atoms with E-state index in [1.54, 1.807) is 30.1 Å². The number of anilines is 2. The molecule has 5 N–H and O–H groups in total.